The minimum atomic E-state index is -3.72. The normalized spacial score (nSPS) is 12.5. The van der Waals surface area contributed by atoms with Crippen molar-refractivity contribution < 1.29 is 26.5 Å². The largest absolute Gasteiger partial charge is 0.493 e. The van der Waals surface area contributed by atoms with E-state index in [1.165, 1.54) is 24.3 Å². The van der Waals surface area contributed by atoms with Crippen LogP contribution >= 0.6 is 11.6 Å². The molecule has 0 N–H and O–H groups in total. The molecular formula is C17H20ClNO6S. The number of hydrogen-bond donors (Lipinski definition) is 0. The Morgan fingerprint density at radius 2 is 2.00 bits per heavy atom. The lowest BCUT2D eigenvalue weighted by Crippen LogP contribution is -2.34. The number of alkyl halides is 1. The number of nitrogens with zero attached hydrogens (tertiary/aromatic N) is 1. The van der Waals surface area contributed by atoms with Gasteiger partial charge in [-0.05, 0) is 36.8 Å². The molecule has 0 saturated carbocycles. The maximum absolute atomic E-state index is 12.4. The number of carbonyl (C=O) groups is 1. The number of hydrogen-bond acceptors (Lipinski definition) is 6. The number of furan rings is 1. The first-order valence-corrected chi connectivity index (χ1v) is 9.96. The van der Waals surface area contributed by atoms with Gasteiger partial charge in [0, 0.05) is 6.54 Å². The Hall–Kier alpha value is -2.19. The minimum Gasteiger partial charge on any atom is -0.493 e. The predicted molar refractivity (Wildman–Crippen MR) is 96.7 cm³/mol. The predicted octanol–water partition coefficient (Wildman–Crippen LogP) is 2.78. The molecule has 2 rings (SSSR count). The van der Waals surface area contributed by atoms with Crippen LogP contribution in [0.2, 0.25) is 0 Å². The zero-order valence-electron chi connectivity index (χ0n) is 14.6. The van der Waals surface area contributed by atoms with Gasteiger partial charge in [-0.3, -0.25) is 4.79 Å². The van der Waals surface area contributed by atoms with Crippen molar-refractivity contribution >= 4 is 27.6 Å². The Labute approximate surface area is 157 Å². The van der Waals surface area contributed by atoms with Crippen molar-refractivity contribution in [3.05, 3.63) is 47.9 Å². The molecule has 0 aliphatic carbocycles. The molecule has 2 aromatic rings. The molecule has 0 radical (unpaired) electrons. The van der Waals surface area contributed by atoms with Gasteiger partial charge in [0.15, 0.2) is 11.5 Å². The molecule has 7 nitrogen and oxygen atoms in total. The van der Waals surface area contributed by atoms with Crippen molar-refractivity contribution in [2.24, 2.45) is 0 Å². The standard InChI is InChI=1S/C17H20ClNO6S/c1-12(18)17(20)19(11-14-5-4-8-24-14)10-13-6-7-15(23-2)16(9-13)25-26(3,21)22/h4-9,12H,10-11H2,1-3H3/t12-/m0/s1. The zero-order chi connectivity index (χ0) is 19.3. The van der Waals surface area contributed by atoms with E-state index >= 15 is 0 Å². The maximum Gasteiger partial charge on any atom is 0.306 e. The van der Waals surface area contributed by atoms with E-state index in [-0.39, 0.29) is 30.5 Å². The summed E-state index contributed by atoms with van der Waals surface area (Å²) in [6.07, 6.45) is 2.47. The second kappa shape index (κ2) is 8.46. The van der Waals surface area contributed by atoms with Gasteiger partial charge in [-0.25, -0.2) is 0 Å². The van der Waals surface area contributed by atoms with E-state index in [0.29, 0.717) is 11.3 Å². The van der Waals surface area contributed by atoms with Crippen LogP contribution in [0.5, 0.6) is 11.5 Å². The Bertz CT molecular complexity index is 848. The van der Waals surface area contributed by atoms with E-state index in [0.717, 1.165) is 6.26 Å². The highest BCUT2D eigenvalue weighted by atomic mass is 35.5. The maximum atomic E-state index is 12.4. The molecule has 0 saturated heterocycles. The van der Waals surface area contributed by atoms with Crippen LogP contribution in [0.15, 0.2) is 41.0 Å². The second-order valence-electron chi connectivity index (χ2n) is 5.66. The fourth-order valence-corrected chi connectivity index (χ4v) is 2.92. The molecule has 0 spiro atoms. The third-order valence-corrected chi connectivity index (χ3v) is 4.09. The molecule has 0 unspecified atom stereocenters. The number of ether oxygens (including phenoxy) is 1. The Balaban J connectivity index is 2.29. The summed E-state index contributed by atoms with van der Waals surface area (Å²) < 4.78 is 38.3. The van der Waals surface area contributed by atoms with Crippen molar-refractivity contribution in [2.75, 3.05) is 13.4 Å². The summed E-state index contributed by atoms with van der Waals surface area (Å²) in [6.45, 7) is 2.02. The SMILES string of the molecule is COc1ccc(CN(Cc2ccco2)C(=O)[C@H](C)Cl)cc1OS(C)(=O)=O. The van der Waals surface area contributed by atoms with Crippen molar-refractivity contribution in [3.8, 4) is 11.5 Å². The summed E-state index contributed by atoms with van der Waals surface area (Å²) >= 11 is 5.95. The molecule has 0 fully saturated rings. The van der Waals surface area contributed by atoms with Gasteiger partial charge in [-0.1, -0.05) is 6.07 Å². The van der Waals surface area contributed by atoms with Crippen LogP contribution in [0, 0.1) is 0 Å². The molecule has 142 valence electrons. The summed E-state index contributed by atoms with van der Waals surface area (Å²) in [5.41, 5.74) is 0.654. The van der Waals surface area contributed by atoms with E-state index in [2.05, 4.69) is 0 Å². The average molecular weight is 402 g/mol. The number of amides is 1. The number of halogens is 1. The molecule has 1 aromatic heterocycles. The number of benzene rings is 1. The van der Waals surface area contributed by atoms with Gasteiger partial charge in [0.25, 0.3) is 0 Å². The van der Waals surface area contributed by atoms with Gasteiger partial charge < -0.3 is 18.2 Å². The number of rotatable bonds is 8. The van der Waals surface area contributed by atoms with Gasteiger partial charge in [-0.2, -0.15) is 8.42 Å². The fraction of sp³-hybridized carbons (Fsp3) is 0.353. The number of carbonyl (C=O) groups excluding carboxylic acids is 1. The monoisotopic (exact) mass is 401 g/mol. The van der Waals surface area contributed by atoms with Crippen LogP contribution < -0.4 is 8.92 Å². The van der Waals surface area contributed by atoms with E-state index in [4.69, 9.17) is 24.9 Å². The lowest BCUT2D eigenvalue weighted by atomic mass is 10.1. The molecule has 1 heterocycles. The van der Waals surface area contributed by atoms with Crippen molar-refractivity contribution in [1.29, 1.82) is 0 Å². The van der Waals surface area contributed by atoms with E-state index < -0.39 is 15.5 Å². The average Bonchev–Trinajstić information content (AvgIpc) is 3.05. The third-order valence-electron chi connectivity index (χ3n) is 3.42. The first kappa shape index (κ1) is 20.1. The molecule has 0 bridgehead atoms. The smallest absolute Gasteiger partial charge is 0.306 e. The Morgan fingerprint density at radius 3 is 2.54 bits per heavy atom. The first-order chi connectivity index (χ1) is 12.2. The van der Waals surface area contributed by atoms with E-state index in [1.807, 2.05) is 0 Å². The quantitative estimate of drug-likeness (QED) is 0.499. The topological polar surface area (TPSA) is 86.0 Å². The van der Waals surface area contributed by atoms with Crippen LogP contribution in [-0.2, 0) is 28.0 Å². The molecule has 1 amide bonds. The second-order valence-corrected chi connectivity index (χ2v) is 7.89. The van der Waals surface area contributed by atoms with Crippen LogP contribution in [-0.4, -0.2) is 38.0 Å². The van der Waals surface area contributed by atoms with Crippen molar-refractivity contribution in [2.45, 2.75) is 25.4 Å². The first-order valence-electron chi connectivity index (χ1n) is 7.71. The molecule has 9 heteroatoms. The minimum absolute atomic E-state index is 0.0526. The van der Waals surface area contributed by atoms with Crippen LogP contribution in [0.4, 0.5) is 0 Å². The van der Waals surface area contributed by atoms with Gasteiger partial charge >= 0.3 is 10.1 Å². The highest BCUT2D eigenvalue weighted by molar-refractivity contribution is 7.86. The summed E-state index contributed by atoms with van der Waals surface area (Å²) in [5.74, 6) is 0.659. The molecule has 0 aliphatic rings. The highest BCUT2D eigenvalue weighted by Crippen LogP contribution is 2.30. The van der Waals surface area contributed by atoms with Crippen molar-refractivity contribution in [1.82, 2.24) is 4.90 Å². The molecular weight excluding hydrogens is 382 g/mol. The van der Waals surface area contributed by atoms with Crippen LogP contribution in [0.25, 0.3) is 0 Å². The van der Waals surface area contributed by atoms with Gasteiger partial charge in [0.05, 0.1) is 26.2 Å². The van der Waals surface area contributed by atoms with Gasteiger partial charge in [0.1, 0.15) is 11.1 Å². The molecule has 1 atom stereocenters. The Morgan fingerprint density at radius 1 is 1.27 bits per heavy atom. The van der Waals surface area contributed by atoms with Crippen LogP contribution in [0.1, 0.15) is 18.2 Å². The lowest BCUT2D eigenvalue weighted by Gasteiger charge is -2.23. The van der Waals surface area contributed by atoms with Gasteiger partial charge in [-0.15, -0.1) is 11.6 Å². The highest BCUT2D eigenvalue weighted by Gasteiger charge is 2.21. The Kier molecular flexibility index (Phi) is 6.55. The summed E-state index contributed by atoms with van der Waals surface area (Å²) in [6, 6.07) is 8.30. The third kappa shape index (κ3) is 5.67. The lowest BCUT2D eigenvalue weighted by molar-refractivity contribution is -0.132. The summed E-state index contributed by atoms with van der Waals surface area (Å²) in [4.78, 5) is 13.9. The number of methoxy groups -OCH3 is 1. The fourth-order valence-electron chi connectivity index (χ4n) is 2.32. The molecule has 26 heavy (non-hydrogen) atoms. The summed E-state index contributed by atoms with van der Waals surface area (Å²) in [7, 11) is -2.31. The zero-order valence-corrected chi connectivity index (χ0v) is 16.2. The molecule has 1 aromatic carbocycles. The molecule has 0 aliphatic heterocycles. The van der Waals surface area contributed by atoms with Crippen molar-refractivity contribution in [3.63, 3.8) is 0 Å². The summed E-state index contributed by atoms with van der Waals surface area (Å²) in [5, 5.41) is -0.713. The van der Waals surface area contributed by atoms with Crippen LogP contribution in [0.3, 0.4) is 0 Å². The van der Waals surface area contributed by atoms with Gasteiger partial charge in [0.2, 0.25) is 5.91 Å². The van der Waals surface area contributed by atoms with E-state index in [1.54, 1.807) is 31.2 Å². The van der Waals surface area contributed by atoms with E-state index in [9.17, 15) is 13.2 Å².